The van der Waals surface area contributed by atoms with E-state index in [1.165, 1.54) is 6.42 Å². The topological polar surface area (TPSA) is 29.5 Å². The Balaban J connectivity index is 1.94. The number of aliphatic hydroxyl groups excluding tert-OH is 1. The third kappa shape index (κ3) is 2.55. The van der Waals surface area contributed by atoms with E-state index in [1.807, 2.05) is 18.2 Å². The Morgan fingerprint density at radius 3 is 2.58 bits per heavy atom. The lowest BCUT2D eigenvalue weighted by Crippen LogP contribution is -2.46. The van der Waals surface area contributed by atoms with E-state index in [4.69, 9.17) is 4.74 Å². The molecular weight excluding hydrogens is 304 g/mol. The number of halogens is 1. The minimum Gasteiger partial charge on any atom is -0.487 e. The van der Waals surface area contributed by atoms with Crippen LogP contribution in [0.5, 0.6) is 5.75 Å². The van der Waals surface area contributed by atoms with Gasteiger partial charge < -0.3 is 9.84 Å². The van der Waals surface area contributed by atoms with Gasteiger partial charge in [0.05, 0.1) is 6.10 Å². The van der Waals surface area contributed by atoms with E-state index < -0.39 is 6.10 Å². The standard InChI is InChI=1S/C16H21BrO2/c1-10-5-11(2)8-16(7-10)9-14(18)13-6-12(17)3-4-15(13)19-16/h3-4,6,10-11,14,18H,5,7-9H2,1-2H3/t10?,11?,14-,16?/m1/s1. The molecule has 2 nitrogen and oxygen atoms in total. The van der Waals surface area contributed by atoms with Crippen LogP contribution in [0.2, 0.25) is 0 Å². The number of fused-ring (bicyclic) bond motifs is 1. The first-order valence-corrected chi connectivity index (χ1v) is 7.93. The fourth-order valence-electron chi connectivity index (χ4n) is 4.07. The Hall–Kier alpha value is -0.540. The monoisotopic (exact) mass is 324 g/mol. The Morgan fingerprint density at radius 1 is 1.21 bits per heavy atom. The van der Waals surface area contributed by atoms with Crippen molar-refractivity contribution in [1.29, 1.82) is 0 Å². The van der Waals surface area contributed by atoms with Crippen molar-refractivity contribution in [2.45, 2.75) is 51.2 Å². The van der Waals surface area contributed by atoms with E-state index in [0.717, 1.165) is 35.0 Å². The van der Waals surface area contributed by atoms with Crippen molar-refractivity contribution in [3.05, 3.63) is 28.2 Å². The molecule has 0 bridgehead atoms. The van der Waals surface area contributed by atoms with Crippen LogP contribution < -0.4 is 4.74 Å². The molecule has 1 aromatic carbocycles. The molecule has 0 radical (unpaired) electrons. The molecule has 1 N–H and O–H groups in total. The van der Waals surface area contributed by atoms with Crippen molar-refractivity contribution in [3.8, 4) is 5.75 Å². The van der Waals surface area contributed by atoms with Crippen LogP contribution in [0.4, 0.5) is 0 Å². The fraction of sp³-hybridized carbons (Fsp3) is 0.625. The average molecular weight is 325 g/mol. The normalized spacial score (nSPS) is 37.8. The Labute approximate surface area is 123 Å². The van der Waals surface area contributed by atoms with Crippen LogP contribution >= 0.6 is 15.9 Å². The summed E-state index contributed by atoms with van der Waals surface area (Å²) in [5, 5.41) is 10.5. The fourth-order valence-corrected chi connectivity index (χ4v) is 4.45. The molecule has 1 aliphatic heterocycles. The minimum atomic E-state index is -0.404. The summed E-state index contributed by atoms with van der Waals surface area (Å²) in [5.41, 5.74) is 0.767. The first kappa shape index (κ1) is 13.4. The first-order chi connectivity index (χ1) is 8.97. The molecule has 1 saturated carbocycles. The van der Waals surface area contributed by atoms with Crippen LogP contribution in [0.3, 0.4) is 0 Å². The SMILES string of the molecule is CC1CC(C)CC2(C1)C[C@@H](O)c1cc(Br)ccc1O2. The minimum absolute atomic E-state index is 0.155. The summed E-state index contributed by atoms with van der Waals surface area (Å²) in [6.07, 6.45) is 3.71. The van der Waals surface area contributed by atoms with Crippen molar-refractivity contribution >= 4 is 15.9 Å². The van der Waals surface area contributed by atoms with Crippen molar-refractivity contribution < 1.29 is 9.84 Å². The van der Waals surface area contributed by atoms with Gasteiger partial charge in [0.15, 0.2) is 0 Å². The summed E-state index contributed by atoms with van der Waals surface area (Å²) in [7, 11) is 0. The Kier molecular flexibility index (Phi) is 3.38. The van der Waals surface area contributed by atoms with Gasteiger partial charge in [0.25, 0.3) is 0 Å². The Morgan fingerprint density at radius 2 is 1.89 bits per heavy atom. The van der Waals surface area contributed by atoms with Gasteiger partial charge in [0, 0.05) is 16.5 Å². The average Bonchev–Trinajstić information content (AvgIpc) is 2.28. The molecule has 19 heavy (non-hydrogen) atoms. The van der Waals surface area contributed by atoms with E-state index in [-0.39, 0.29) is 5.60 Å². The summed E-state index contributed by atoms with van der Waals surface area (Å²) in [6, 6.07) is 5.94. The molecule has 1 heterocycles. The largest absolute Gasteiger partial charge is 0.487 e. The molecule has 1 fully saturated rings. The van der Waals surface area contributed by atoms with Crippen LogP contribution in [0.1, 0.15) is 51.2 Å². The molecular formula is C16H21BrO2. The van der Waals surface area contributed by atoms with Gasteiger partial charge in [-0.05, 0) is 49.3 Å². The smallest absolute Gasteiger partial charge is 0.126 e. The summed E-state index contributed by atoms with van der Waals surface area (Å²) < 4.78 is 7.34. The van der Waals surface area contributed by atoms with E-state index in [1.54, 1.807) is 0 Å². The maximum atomic E-state index is 10.5. The number of ether oxygens (including phenoxy) is 1. The second kappa shape index (κ2) is 4.78. The molecule has 104 valence electrons. The highest BCUT2D eigenvalue weighted by atomic mass is 79.9. The van der Waals surface area contributed by atoms with Crippen molar-refractivity contribution in [1.82, 2.24) is 0 Å². The van der Waals surface area contributed by atoms with Crippen molar-refractivity contribution in [3.63, 3.8) is 0 Å². The van der Waals surface area contributed by atoms with E-state index in [0.29, 0.717) is 11.8 Å². The molecule has 0 saturated heterocycles. The molecule has 0 aromatic heterocycles. The second-order valence-electron chi connectivity index (χ2n) is 6.54. The summed E-state index contributed by atoms with van der Waals surface area (Å²) in [5.74, 6) is 2.21. The van der Waals surface area contributed by atoms with E-state index in [2.05, 4.69) is 29.8 Å². The van der Waals surface area contributed by atoms with Gasteiger partial charge >= 0.3 is 0 Å². The lowest BCUT2D eigenvalue weighted by Gasteiger charge is -2.47. The van der Waals surface area contributed by atoms with Crippen LogP contribution in [0, 0.1) is 11.8 Å². The number of hydrogen-bond donors (Lipinski definition) is 1. The predicted molar refractivity (Wildman–Crippen MR) is 79.3 cm³/mol. The molecule has 3 atom stereocenters. The van der Waals surface area contributed by atoms with Crippen molar-refractivity contribution in [2.24, 2.45) is 11.8 Å². The number of aliphatic hydroxyl groups is 1. The number of rotatable bonds is 0. The molecule has 1 aromatic rings. The van der Waals surface area contributed by atoms with Gasteiger partial charge in [-0.15, -0.1) is 0 Å². The lowest BCUT2D eigenvalue weighted by molar-refractivity contribution is -0.0624. The van der Waals surface area contributed by atoms with Gasteiger partial charge in [-0.25, -0.2) is 0 Å². The molecule has 3 heteroatoms. The van der Waals surface area contributed by atoms with Crippen LogP contribution in [0.15, 0.2) is 22.7 Å². The highest BCUT2D eigenvalue weighted by molar-refractivity contribution is 9.10. The molecule has 2 unspecified atom stereocenters. The van der Waals surface area contributed by atoms with Gasteiger partial charge in [0.2, 0.25) is 0 Å². The summed E-state index contributed by atoms with van der Waals surface area (Å²) in [6.45, 7) is 4.59. The zero-order valence-electron chi connectivity index (χ0n) is 11.5. The zero-order chi connectivity index (χ0) is 13.6. The zero-order valence-corrected chi connectivity index (χ0v) is 13.1. The third-order valence-corrected chi connectivity index (χ3v) is 4.96. The molecule has 1 spiro atoms. The maximum absolute atomic E-state index is 10.5. The van der Waals surface area contributed by atoms with Crippen LogP contribution in [-0.2, 0) is 0 Å². The van der Waals surface area contributed by atoms with Gasteiger partial charge in [0.1, 0.15) is 11.4 Å². The second-order valence-corrected chi connectivity index (χ2v) is 7.46. The van der Waals surface area contributed by atoms with Gasteiger partial charge in [-0.3, -0.25) is 0 Å². The van der Waals surface area contributed by atoms with Crippen LogP contribution in [0.25, 0.3) is 0 Å². The molecule has 0 amide bonds. The highest BCUT2D eigenvalue weighted by Crippen LogP contribution is 2.49. The molecule has 1 aliphatic carbocycles. The maximum Gasteiger partial charge on any atom is 0.126 e. The summed E-state index contributed by atoms with van der Waals surface area (Å²) in [4.78, 5) is 0. The van der Waals surface area contributed by atoms with Crippen LogP contribution in [-0.4, -0.2) is 10.7 Å². The van der Waals surface area contributed by atoms with E-state index >= 15 is 0 Å². The summed E-state index contributed by atoms with van der Waals surface area (Å²) >= 11 is 3.46. The highest BCUT2D eigenvalue weighted by Gasteiger charge is 2.45. The van der Waals surface area contributed by atoms with Gasteiger partial charge in [-0.1, -0.05) is 29.8 Å². The van der Waals surface area contributed by atoms with Gasteiger partial charge in [-0.2, -0.15) is 0 Å². The van der Waals surface area contributed by atoms with Crippen molar-refractivity contribution in [2.75, 3.05) is 0 Å². The van der Waals surface area contributed by atoms with E-state index in [9.17, 15) is 5.11 Å². The number of hydrogen-bond acceptors (Lipinski definition) is 2. The Bertz CT molecular complexity index is 476. The predicted octanol–water partition coefficient (Wildman–Crippen LogP) is 4.46. The third-order valence-electron chi connectivity index (χ3n) is 4.47. The first-order valence-electron chi connectivity index (χ1n) is 7.14. The quantitative estimate of drug-likeness (QED) is 0.763. The lowest BCUT2D eigenvalue weighted by atomic mass is 9.70. The molecule has 2 aliphatic rings. The number of benzene rings is 1. The molecule has 3 rings (SSSR count).